The average Bonchev–Trinajstić information content (AvgIpc) is 3.14. The lowest BCUT2D eigenvalue weighted by Gasteiger charge is -2.20. The van der Waals surface area contributed by atoms with Crippen molar-refractivity contribution in [1.29, 1.82) is 0 Å². The molecule has 0 radical (unpaired) electrons. The molecular formula is C17H24ClN5. The summed E-state index contributed by atoms with van der Waals surface area (Å²) in [6.07, 6.45) is 4.81. The highest BCUT2D eigenvalue weighted by Gasteiger charge is 2.25. The van der Waals surface area contributed by atoms with Gasteiger partial charge in [0.25, 0.3) is 0 Å². The van der Waals surface area contributed by atoms with E-state index >= 15 is 0 Å². The van der Waals surface area contributed by atoms with Gasteiger partial charge in [0.1, 0.15) is 5.82 Å². The molecule has 0 aromatic carbocycles. The van der Waals surface area contributed by atoms with Crippen LogP contribution in [0.5, 0.6) is 0 Å². The molecule has 3 rings (SSSR count). The van der Waals surface area contributed by atoms with E-state index in [0.717, 1.165) is 36.9 Å². The van der Waals surface area contributed by atoms with E-state index in [2.05, 4.69) is 46.2 Å². The van der Waals surface area contributed by atoms with E-state index in [1.165, 1.54) is 11.3 Å². The van der Waals surface area contributed by atoms with E-state index in [0.29, 0.717) is 6.04 Å². The fourth-order valence-electron chi connectivity index (χ4n) is 3.08. The molecule has 0 amide bonds. The Morgan fingerprint density at radius 2 is 2.26 bits per heavy atom. The molecule has 0 aliphatic carbocycles. The molecule has 2 aromatic rings. The number of rotatable bonds is 4. The zero-order valence-corrected chi connectivity index (χ0v) is 14.7. The molecule has 0 bridgehead atoms. The van der Waals surface area contributed by atoms with Gasteiger partial charge < -0.3 is 10.2 Å². The van der Waals surface area contributed by atoms with Crippen LogP contribution in [0.25, 0.3) is 0 Å². The van der Waals surface area contributed by atoms with Crippen LogP contribution in [0.4, 0.5) is 5.82 Å². The molecule has 1 aliphatic rings. The van der Waals surface area contributed by atoms with Gasteiger partial charge in [-0.1, -0.05) is 32.4 Å². The highest BCUT2D eigenvalue weighted by atomic mass is 35.5. The number of hydrogen-bond acceptors (Lipinski definition) is 4. The van der Waals surface area contributed by atoms with Crippen molar-refractivity contribution in [3.05, 3.63) is 40.8 Å². The first-order valence-electron chi connectivity index (χ1n) is 8.06. The molecule has 1 aliphatic heterocycles. The molecule has 2 aromatic heterocycles. The van der Waals surface area contributed by atoms with Crippen molar-refractivity contribution in [2.24, 2.45) is 0 Å². The maximum Gasteiger partial charge on any atom is 0.147 e. The van der Waals surface area contributed by atoms with Gasteiger partial charge in [-0.3, -0.25) is 5.10 Å². The number of pyridine rings is 1. The lowest BCUT2D eigenvalue weighted by Crippen LogP contribution is -2.33. The molecule has 1 fully saturated rings. The molecule has 2 N–H and O–H groups in total. The predicted octanol–water partition coefficient (Wildman–Crippen LogP) is 3.12. The minimum atomic E-state index is 0.0801. The van der Waals surface area contributed by atoms with E-state index in [1.54, 1.807) is 6.20 Å². The molecule has 5 nitrogen and oxygen atoms in total. The standard InChI is InChI=1S/C17H24ClN5/c1-17(2,3)15-12(10-21-22-15)9-20-13-6-8-23(11-13)16-14(18)5-4-7-19-16/h4-5,7,10,13,20H,6,8-9,11H2,1-3H3,(H,21,22). The van der Waals surface area contributed by atoms with Crippen LogP contribution >= 0.6 is 11.6 Å². The van der Waals surface area contributed by atoms with Crippen LogP contribution in [0, 0.1) is 0 Å². The molecule has 1 atom stereocenters. The molecule has 124 valence electrons. The summed E-state index contributed by atoms with van der Waals surface area (Å²) in [5.41, 5.74) is 2.52. The molecule has 0 spiro atoms. The van der Waals surface area contributed by atoms with Gasteiger partial charge in [-0.15, -0.1) is 0 Å². The van der Waals surface area contributed by atoms with Crippen molar-refractivity contribution in [2.75, 3.05) is 18.0 Å². The third kappa shape index (κ3) is 3.67. The topological polar surface area (TPSA) is 56.8 Å². The molecule has 6 heteroatoms. The Kier molecular flexibility index (Phi) is 4.60. The van der Waals surface area contributed by atoms with E-state index in [1.807, 2.05) is 18.3 Å². The highest BCUT2D eigenvalue weighted by Crippen LogP contribution is 2.26. The Labute approximate surface area is 142 Å². The van der Waals surface area contributed by atoms with Crippen LogP contribution in [0.15, 0.2) is 24.5 Å². The van der Waals surface area contributed by atoms with Crippen molar-refractivity contribution >= 4 is 17.4 Å². The molecule has 1 saturated heterocycles. The van der Waals surface area contributed by atoms with Crippen LogP contribution < -0.4 is 10.2 Å². The zero-order valence-electron chi connectivity index (χ0n) is 13.9. The first-order chi connectivity index (χ1) is 10.9. The van der Waals surface area contributed by atoms with Gasteiger partial charge >= 0.3 is 0 Å². The highest BCUT2D eigenvalue weighted by molar-refractivity contribution is 6.32. The number of nitrogens with one attached hydrogen (secondary N) is 2. The van der Waals surface area contributed by atoms with Crippen LogP contribution in [0.3, 0.4) is 0 Å². The predicted molar refractivity (Wildman–Crippen MR) is 94.0 cm³/mol. The first-order valence-corrected chi connectivity index (χ1v) is 8.44. The number of aromatic nitrogens is 3. The minimum absolute atomic E-state index is 0.0801. The fraction of sp³-hybridized carbons (Fsp3) is 0.529. The third-order valence-corrected chi connectivity index (χ3v) is 4.57. The van der Waals surface area contributed by atoms with E-state index in [-0.39, 0.29) is 5.41 Å². The molecule has 23 heavy (non-hydrogen) atoms. The van der Waals surface area contributed by atoms with Crippen LogP contribution in [0.1, 0.15) is 38.4 Å². The lowest BCUT2D eigenvalue weighted by molar-refractivity contribution is 0.526. The second-order valence-electron chi connectivity index (χ2n) is 7.14. The maximum atomic E-state index is 6.24. The smallest absolute Gasteiger partial charge is 0.147 e. The van der Waals surface area contributed by atoms with Crippen molar-refractivity contribution < 1.29 is 0 Å². The fourth-order valence-corrected chi connectivity index (χ4v) is 3.32. The normalized spacial score (nSPS) is 18.6. The molecule has 0 saturated carbocycles. The van der Waals surface area contributed by atoms with Gasteiger partial charge in [-0.2, -0.15) is 5.10 Å². The average molecular weight is 334 g/mol. The quantitative estimate of drug-likeness (QED) is 0.902. The summed E-state index contributed by atoms with van der Waals surface area (Å²) in [6, 6.07) is 4.20. The maximum absolute atomic E-state index is 6.24. The zero-order chi connectivity index (χ0) is 16.4. The second-order valence-corrected chi connectivity index (χ2v) is 7.55. The lowest BCUT2D eigenvalue weighted by atomic mass is 9.89. The SMILES string of the molecule is CC(C)(C)c1[nH]ncc1CNC1CCN(c2ncccc2Cl)C1. The third-order valence-electron chi connectivity index (χ3n) is 4.28. The number of aromatic amines is 1. The van der Waals surface area contributed by atoms with Crippen molar-refractivity contribution in [3.63, 3.8) is 0 Å². The number of H-pyrrole nitrogens is 1. The summed E-state index contributed by atoms with van der Waals surface area (Å²) >= 11 is 6.24. The van der Waals surface area contributed by atoms with Gasteiger partial charge in [0.15, 0.2) is 0 Å². The molecule has 1 unspecified atom stereocenters. The summed E-state index contributed by atoms with van der Waals surface area (Å²) in [5.74, 6) is 0.886. The van der Waals surface area contributed by atoms with Crippen LogP contribution in [0.2, 0.25) is 5.02 Å². The Morgan fingerprint density at radius 3 is 3.00 bits per heavy atom. The van der Waals surface area contributed by atoms with Gasteiger partial charge in [-0.25, -0.2) is 4.98 Å². The minimum Gasteiger partial charge on any atom is -0.354 e. The van der Waals surface area contributed by atoms with Crippen molar-refractivity contribution in [2.45, 2.75) is 45.2 Å². The van der Waals surface area contributed by atoms with E-state index in [9.17, 15) is 0 Å². The Bertz CT molecular complexity index is 661. The van der Waals surface area contributed by atoms with E-state index < -0.39 is 0 Å². The van der Waals surface area contributed by atoms with Gasteiger partial charge in [0.05, 0.1) is 11.2 Å². The molecule has 3 heterocycles. The number of anilines is 1. The Morgan fingerprint density at radius 1 is 1.43 bits per heavy atom. The van der Waals surface area contributed by atoms with Gasteiger partial charge in [-0.05, 0) is 18.6 Å². The number of nitrogens with zero attached hydrogens (tertiary/aromatic N) is 3. The second kappa shape index (κ2) is 6.49. The monoisotopic (exact) mass is 333 g/mol. The first kappa shape index (κ1) is 16.3. The van der Waals surface area contributed by atoms with Crippen LogP contribution in [-0.2, 0) is 12.0 Å². The van der Waals surface area contributed by atoms with Crippen molar-refractivity contribution in [3.8, 4) is 0 Å². The Balaban J connectivity index is 1.59. The number of halogens is 1. The largest absolute Gasteiger partial charge is 0.354 e. The molecular weight excluding hydrogens is 310 g/mol. The summed E-state index contributed by atoms with van der Waals surface area (Å²) in [4.78, 5) is 6.65. The summed E-state index contributed by atoms with van der Waals surface area (Å²) in [6.45, 7) is 9.34. The Hall–Kier alpha value is -1.59. The summed E-state index contributed by atoms with van der Waals surface area (Å²) < 4.78 is 0. The van der Waals surface area contributed by atoms with Gasteiger partial charge in [0, 0.05) is 48.5 Å². The number of hydrogen-bond donors (Lipinski definition) is 2. The van der Waals surface area contributed by atoms with E-state index in [4.69, 9.17) is 11.6 Å². The van der Waals surface area contributed by atoms with Crippen molar-refractivity contribution in [1.82, 2.24) is 20.5 Å². The van der Waals surface area contributed by atoms with Crippen LogP contribution in [-0.4, -0.2) is 34.3 Å². The summed E-state index contributed by atoms with van der Waals surface area (Å²) in [5, 5.41) is 11.7. The summed E-state index contributed by atoms with van der Waals surface area (Å²) in [7, 11) is 0. The van der Waals surface area contributed by atoms with Gasteiger partial charge in [0.2, 0.25) is 0 Å².